The molecule has 0 aliphatic heterocycles. The normalized spacial score (nSPS) is 15.1. The van der Waals surface area contributed by atoms with Crippen molar-refractivity contribution >= 4 is 0 Å². The zero-order chi connectivity index (χ0) is 19.3. The largest absolute Gasteiger partial charge is 0.328 e. The molecule has 0 N–H and O–H groups in total. The summed E-state index contributed by atoms with van der Waals surface area (Å²) in [7, 11) is 4.87. The van der Waals surface area contributed by atoms with E-state index in [4.69, 9.17) is 0 Å². The lowest BCUT2D eigenvalue weighted by atomic mass is 9.95. The van der Waals surface area contributed by atoms with Gasteiger partial charge in [-0.25, -0.2) is 0 Å². The lowest BCUT2D eigenvalue weighted by molar-refractivity contribution is -0.890. The highest BCUT2D eigenvalue weighted by atomic mass is 15.3. The maximum Gasteiger partial charge on any atom is 0.0782 e. The summed E-state index contributed by atoms with van der Waals surface area (Å²) in [5.41, 5.74) is 0. The first kappa shape index (κ1) is 25.0. The van der Waals surface area contributed by atoms with Gasteiger partial charge in [0.1, 0.15) is 0 Å². The van der Waals surface area contributed by atoms with E-state index in [-0.39, 0.29) is 0 Å². The second kappa shape index (κ2) is 14.1. The van der Waals surface area contributed by atoms with Crippen molar-refractivity contribution in [2.24, 2.45) is 23.7 Å². The van der Waals surface area contributed by atoms with Crippen LogP contribution in [-0.2, 0) is 0 Å². The molecule has 0 aliphatic carbocycles. The number of hydrogen-bond acceptors (Lipinski definition) is 0. The molecule has 0 aromatic carbocycles. The molecule has 0 fully saturated rings. The predicted octanol–water partition coefficient (Wildman–Crippen LogP) is 7.55. The summed E-state index contributed by atoms with van der Waals surface area (Å²) >= 11 is 0. The minimum atomic E-state index is 0.871. The van der Waals surface area contributed by atoms with Crippen LogP contribution in [0.25, 0.3) is 0 Å². The molecule has 2 atom stereocenters. The van der Waals surface area contributed by atoms with Gasteiger partial charge in [0.05, 0.1) is 27.2 Å². The molecule has 0 saturated carbocycles. The van der Waals surface area contributed by atoms with E-state index in [1.807, 2.05) is 0 Å². The van der Waals surface area contributed by atoms with E-state index in [1.165, 1.54) is 81.8 Å². The van der Waals surface area contributed by atoms with Crippen molar-refractivity contribution < 1.29 is 4.48 Å². The van der Waals surface area contributed by atoms with Crippen LogP contribution in [0.4, 0.5) is 0 Å². The highest BCUT2D eigenvalue weighted by molar-refractivity contribution is 4.57. The maximum absolute atomic E-state index is 2.46. The average Bonchev–Trinajstić information content (AvgIpc) is 2.45. The van der Waals surface area contributed by atoms with Crippen LogP contribution in [0.15, 0.2) is 0 Å². The van der Waals surface area contributed by atoms with Crippen LogP contribution < -0.4 is 0 Å². The van der Waals surface area contributed by atoms with Gasteiger partial charge >= 0.3 is 0 Å². The molecule has 0 rings (SSSR count). The molecule has 25 heavy (non-hydrogen) atoms. The Bertz CT molecular complexity index is 264. The topological polar surface area (TPSA) is 0 Å². The van der Waals surface area contributed by atoms with Gasteiger partial charge < -0.3 is 4.48 Å². The van der Waals surface area contributed by atoms with Crippen molar-refractivity contribution in [1.82, 2.24) is 0 Å². The van der Waals surface area contributed by atoms with E-state index in [0.29, 0.717) is 0 Å². The van der Waals surface area contributed by atoms with Gasteiger partial charge in [-0.15, -0.1) is 0 Å². The third kappa shape index (κ3) is 17.1. The van der Waals surface area contributed by atoms with E-state index in [9.17, 15) is 0 Å². The van der Waals surface area contributed by atoms with Crippen molar-refractivity contribution in [2.45, 2.75) is 106 Å². The van der Waals surface area contributed by atoms with Crippen molar-refractivity contribution in [2.75, 3.05) is 27.2 Å². The molecule has 152 valence electrons. The van der Waals surface area contributed by atoms with Gasteiger partial charge in [0.15, 0.2) is 0 Å². The fourth-order valence-electron chi connectivity index (χ4n) is 3.89. The third-order valence-corrected chi connectivity index (χ3v) is 5.88. The number of hydrogen-bond donors (Lipinski definition) is 0. The monoisotopic (exact) mass is 354 g/mol. The van der Waals surface area contributed by atoms with Gasteiger partial charge in [-0.1, -0.05) is 80.1 Å². The third-order valence-electron chi connectivity index (χ3n) is 5.88. The van der Waals surface area contributed by atoms with Crippen LogP contribution in [0.3, 0.4) is 0 Å². The van der Waals surface area contributed by atoms with Crippen LogP contribution in [0.2, 0.25) is 0 Å². The summed E-state index contributed by atoms with van der Waals surface area (Å²) in [6, 6.07) is 0. The Hall–Kier alpha value is -0.0400. The molecule has 0 bridgehead atoms. The Labute approximate surface area is 161 Å². The molecule has 0 radical (unpaired) electrons. The summed E-state index contributed by atoms with van der Waals surface area (Å²) in [5.74, 6) is 3.57. The minimum absolute atomic E-state index is 0.871. The summed E-state index contributed by atoms with van der Waals surface area (Å²) in [6.07, 6.45) is 14.2. The molecule has 0 amide bonds. The Balaban J connectivity index is 3.72. The SMILES string of the molecule is CC(C)CCCC(C)CCC[N+](C)(C)CCCC(C)CCCC(C)C. The number of nitrogens with zero attached hydrogens (tertiary/aromatic N) is 1. The van der Waals surface area contributed by atoms with Crippen molar-refractivity contribution in [3.05, 3.63) is 0 Å². The first-order valence-electron chi connectivity index (χ1n) is 11.4. The second-order valence-electron chi connectivity index (χ2n) is 10.5. The molecule has 1 heteroatoms. The summed E-state index contributed by atoms with van der Waals surface area (Å²) in [5, 5.41) is 0. The van der Waals surface area contributed by atoms with Gasteiger partial charge in [-0.3, -0.25) is 0 Å². The number of quaternary nitrogens is 1. The fraction of sp³-hybridized carbons (Fsp3) is 1.00. The van der Waals surface area contributed by atoms with Crippen molar-refractivity contribution in [3.8, 4) is 0 Å². The van der Waals surface area contributed by atoms with Gasteiger partial charge in [0, 0.05) is 0 Å². The van der Waals surface area contributed by atoms with Crippen molar-refractivity contribution in [3.63, 3.8) is 0 Å². The molecular weight excluding hydrogens is 302 g/mol. The van der Waals surface area contributed by atoms with Crippen LogP contribution in [0.1, 0.15) is 106 Å². The Morgan fingerprint density at radius 3 is 1.12 bits per heavy atom. The fourth-order valence-corrected chi connectivity index (χ4v) is 3.89. The lowest BCUT2D eigenvalue weighted by Crippen LogP contribution is -2.41. The van der Waals surface area contributed by atoms with E-state index in [0.717, 1.165) is 23.7 Å². The average molecular weight is 355 g/mol. The molecule has 1 nitrogen and oxygen atoms in total. The van der Waals surface area contributed by atoms with E-state index >= 15 is 0 Å². The van der Waals surface area contributed by atoms with Gasteiger partial charge in [0.25, 0.3) is 0 Å². The molecule has 0 spiro atoms. The van der Waals surface area contributed by atoms with E-state index in [2.05, 4.69) is 55.6 Å². The maximum atomic E-state index is 2.46. The second-order valence-corrected chi connectivity index (χ2v) is 10.5. The zero-order valence-electron chi connectivity index (χ0n) is 19.2. The minimum Gasteiger partial charge on any atom is -0.328 e. The first-order chi connectivity index (χ1) is 11.6. The molecule has 2 unspecified atom stereocenters. The highest BCUT2D eigenvalue weighted by Crippen LogP contribution is 2.19. The van der Waals surface area contributed by atoms with Crippen LogP contribution in [0.5, 0.6) is 0 Å². The number of rotatable bonds is 16. The summed E-state index contributed by atoms with van der Waals surface area (Å²) in [6.45, 7) is 17.0. The standard InChI is InChI=1S/C24H52N/c1-21(2)13-9-15-23(5)17-11-19-25(7,8)20-12-18-24(6)16-10-14-22(3)4/h21-24H,9-20H2,1-8H3/q+1. The molecular formula is C24H52N+. The molecule has 0 saturated heterocycles. The van der Waals surface area contributed by atoms with Gasteiger partial charge in [0.2, 0.25) is 0 Å². The van der Waals surface area contributed by atoms with Gasteiger partial charge in [-0.2, -0.15) is 0 Å². The molecule has 0 heterocycles. The van der Waals surface area contributed by atoms with E-state index in [1.54, 1.807) is 0 Å². The van der Waals surface area contributed by atoms with Crippen LogP contribution in [0, 0.1) is 23.7 Å². The van der Waals surface area contributed by atoms with Gasteiger partial charge in [-0.05, 0) is 49.4 Å². The quantitative estimate of drug-likeness (QED) is 0.251. The molecule has 0 aliphatic rings. The Morgan fingerprint density at radius 2 is 0.800 bits per heavy atom. The zero-order valence-corrected chi connectivity index (χ0v) is 19.2. The first-order valence-corrected chi connectivity index (χ1v) is 11.4. The smallest absolute Gasteiger partial charge is 0.0782 e. The van der Waals surface area contributed by atoms with Crippen LogP contribution in [-0.4, -0.2) is 31.7 Å². The van der Waals surface area contributed by atoms with Crippen LogP contribution >= 0.6 is 0 Å². The summed E-state index contributed by atoms with van der Waals surface area (Å²) in [4.78, 5) is 0. The molecule has 0 aromatic rings. The molecule has 0 aromatic heterocycles. The Kier molecular flexibility index (Phi) is 14.0. The summed E-state index contributed by atoms with van der Waals surface area (Å²) < 4.78 is 1.22. The van der Waals surface area contributed by atoms with Crippen molar-refractivity contribution in [1.29, 1.82) is 0 Å². The highest BCUT2D eigenvalue weighted by Gasteiger charge is 2.16. The predicted molar refractivity (Wildman–Crippen MR) is 116 cm³/mol. The Morgan fingerprint density at radius 1 is 0.480 bits per heavy atom. The van der Waals surface area contributed by atoms with E-state index < -0.39 is 0 Å². The lowest BCUT2D eigenvalue weighted by Gasteiger charge is -2.31.